The SMILES string of the molecule is CCCCCC(C=CC1C(OC2CCCCO2)CC2C=C(C(CCCCOCc3ccccc3)C(=O)OC)CC21)OC1CCCCO1. The number of ether oxygens (including phenoxy) is 6. The first-order chi connectivity index (χ1) is 23.1. The Morgan fingerprint density at radius 2 is 1.72 bits per heavy atom. The van der Waals surface area contributed by atoms with E-state index < -0.39 is 0 Å². The number of carbonyl (C=O) groups excluding carboxylic acids is 1. The Morgan fingerprint density at radius 1 is 0.957 bits per heavy atom. The second-order valence-corrected chi connectivity index (χ2v) is 14.0. The minimum absolute atomic E-state index is 0.0380. The third kappa shape index (κ3) is 11.3. The summed E-state index contributed by atoms with van der Waals surface area (Å²) in [6.07, 6.45) is 22.5. The minimum atomic E-state index is -0.195. The Labute approximate surface area is 283 Å². The van der Waals surface area contributed by atoms with Crippen molar-refractivity contribution < 1.29 is 33.2 Å². The molecule has 2 aliphatic carbocycles. The van der Waals surface area contributed by atoms with E-state index in [4.69, 9.17) is 28.4 Å². The molecule has 4 aliphatic rings. The maximum atomic E-state index is 13.1. The van der Waals surface area contributed by atoms with E-state index in [-0.39, 0.29) is 42.6 Å². The number of allylic oxidation sites excluding steroid dienone is 1. The Morgan fingerprint density at radius 3 is 2.45 bits per heavy atom. The van der Waals surface area contributed by atoms with E-state index in [0.717, 1.165) is 96.7 Å². The number of rotatable bonds is 19. The molecule has 0 bridgehead atoms. The van der Waals surface area contributed by atoms with Gasteiger partial charge in [-0.05, 0) is 94.4 Å². The van der Waals surface area contributed by atoms with Gasteiger partial charge in [0.25, 0.3) is 0 Å². The largest absolute Gasteiger partial charge is 0.469 e. The van der Waals surface area contributed by atoms with Crippen LogP contribution in [0, 0.1) is 23.7 Å². The molecule has 1 aromatic carbocycles. The molecule has 7 heteroatoms. The fourth-order valence-electron chi connectivity index (χ4n) is 7.92. The van der Waals surface area contributed by atoms with Gasteiger partial charge in [-0.1, -0.05) is 80.3 Å². The van der Waals surface area contributed by atoms with Crippen LogP contribution in [0.5, 0.6) is 0 Å². The van der Waals surface area contributed by atoms with Crippen molar-refractivity contribution in [3.8, 4) is 0 Å². The zero-order valence-corrected chi connectivity index (χ0v) is 29.0. The summed E-state index contributed by atoms with van der Waals surface area (Å²) in [5.41, 5.74) is 2.43. The summed E-state index contributed by atoms with van der Waals surface area (Å²) in [6, 6.07) is 10.3. The standard InChI is InChI=1S/C40H60O7/c1-3-4-6-17-33(46-38-19-10-13-24-44-38)21-22-35-36-27-31(26-32(36)28-37(35)47-39-20-11-14-25-45-39)34(40(41)42-2)18-9-12-23-43-29-30-15-7-5-8-16-30/h5,7-8,15-16,21-22,26,32-39H,3-4,6,9-14,17-20,23-25,27-29H2,1-2H3. The average molecular weight is 653 g/mol. The molecule has 5 rings (SSSR count). The number of unbranched alkanes of at least 4 members (excludes halogenated alkanes) is 3. The predicted octanol–water partition coefficient (Wildman–Crippen LogP) is 8.71. The monoisotopic (exact) mass is 652 g/mol. The second-order valence-electron chi connectivity index (χ2n) is 14.0. The molecular formula is C40H60O7. The van der Waals surface area contributed by atoms with Crippen molar-refractivity contribution in [2.24, 2.45) is 23.7 Å². The van der Waals surface area contributed by atoms with Gasteiger partial charge in [0.1, 0.15) is 0 Å². The average Bonchev–Trinajstić information content (AvgIpc) is 3.65. The van der Waals surface area contributed by atoms with E-state index >= 15 is 0 Å². The number of methoxy groups -OCH3 is 1. The summed E-state index contributed by atoms with van der Waals surface area (Å²) in [7, 11) is 1.52. The lowest BCUT2D eigenvalue weighted by atomic mass is 9.85. The molecule has 262 valence electrons. The van der Waals surface area contributed by atoms with Crippen LogP contribution in [0.3, 0.4) is 0 Å². The maximum absolute atomic E-state index is 13.1. The molecule has 7 nitrogen and oxygen atoms in total. The fraction of sp³-hybridized carbons (Fsp3) is 0.725. The summed E-state index contributed by atoms with van der Waals surface area (Å²) in [6.45, 7) is 5.13. The molecular weight excluding hydrogens is 592 g/mol. The van der Waals surface area contributed by atoms with Gasteiger partial charge in [-0.25, -0.2) is 0 Å². The number of carbonyl (C=O) groups is 1. The van der Waals surface area contributed by atoms with Gasteiger partial charge in [-0.2, -0.15) is 0 Å². The van der Waals surface area contributed by atoms with Crippen molar-refractivity contribution in [1.82, 2.24) is 0 Å². The topological polar surface area (TPSA) is 72.5 Å². The van der Waals surface area contributed by atoms with Crippen molar-refractivity contribution in [3.63, 3.8) is 0 Å². The Hall–Kier alpha value is -2.03. The van der Waals surface area contributed by atoms with E-state index in [2.05, 4.69) is 37.3 Å². The number of hydrogen-bond donors (Lipinski definition) is 0. The summed E-state index contributed by atoms with van der Waals surface area (Å²) in [4.78, 5) is 13.1. The number of benzene rings is 1. The van der Waals surface area contributed by atoms with Crippen LogP contribution in [0.15, 0.2) is 54.1 Å². The van der Waals surface area contributed by atoms with Crippen LogP contribution >= 0.6 is 0 Å². The van der Waals surface area contributed by atoms with Crippen LogP contribution in [0.1, 0.15) is 109 Å². The predicted molar refractivity (Wildman–Crippen MR) is 183 cm³/mol. The van der Waals surface area contributed by atoms with Gasteiger partial charge < -0.3 is 28.4 Å². The highest BCUT2D eigenvalue weighted by Gasteiger charge is 2.47. The first-order valence-electron chi connectivity index (χ1n) is 18.8. The van der Waals surface area contributed by atoms with Crippen LogP contribution in [0.2, 0.25) is 0 Å². The first kappa shape index (κ1) is 36.3. The quantitative estimate of drug-likeness (QED) is 0.0841. The second kappa shape index (κ2) is 19.8. The smallest absolute Gasteiger partial charge is 0.312 e. The molecule has 2 saturated heterocycles. The van der Waals surface area contributed by atoms with Crippen molar-refractivity contribution >= 4 is 5.97 Å². The van der Waals surface area contributed by atoms with Crippen LogP contribution in [-0.4, -0.2) is 57.7 Å². The molecule has 0 radical (unpaired) electrons. The maximum Gasteiger partial charge on any atom is 0.312 e. The first-order valence-corrected chi connectivity index (χ1v) is 18.8. The molecule has 3 fully saturated rings. The van der Waals surface area contributed by atoms with Crippen molar-refractivity contribution in [3.05, 3.63) is 59.7 Å². The third-order valence-electron chi connectivity index (χ3n) is 10.5. The lowest BCUT2D eigenvalue weighted by molar-refractivity contribution is -0.193. The normalized spacial score (nSPS) is 29.0. The Balaban J connectivity index is 1.22. The van der Waals surface area contributed by atoms with Crippen LogP contribution in [0.4, 0.5) is 0 Å². The van der Waals surface area contributed by atoms with E-state index in [1.54, 1.807) is 0 Å². The summed E-state index contributed by atoms with van der Waals surface area (Å²) in [5, 5.41) is 0. The molecule has 2 aliphatic heterocycles. The molecule has 1 aromatic rings. The molecule has 0 N–H and O–H groups in total. The van der Waals surface area contributed by atoms with Gasteiger partial charge in [0.2, 0.25) is 0 Å². The van der Waals surface area contributed by atoms with Gasteiger partial charge >= 0.3 is 5.97 Å². The lowest BCUT2D eigenvalue weighted by Crippen LogP contribution is -2.31. The third-order valence-corrected chi connectivity index (χ3v) is 10.5. The summed E-state index contributed by atoms with van der Waals surface area (Å²) in [5.74, 6) is 0.718. The van der Waals surface area contributed by atoms with Gasteiger partial charge in [-0.3, -0.25) is 4.79 Å². The molecule has 0 aromatic heterocycles. The lowest BCUT2D eigenvalue weighted by Gasteiger charge is -2.30. The highest BCUT2D eigenvalue weighted by Crippen LogP contribution is 2.51. The molecule has 1 saturated carbocycles. The molecule has 0 spiro atoms. The zero-order valence-electron chi connectivity index (χ0n) is 29.0. The fourth-order valence-corrected chi connectivity index (χ4v) is 7.92. The Bertz CT molecular complexity index is 1090. The summed E-state index contributed by atoms with van der Waals surface area (Å²) >= 11 is 0. The number of fused-ring (bicyclic) bond motifs is 1. The molecule has 47 heavy (non-hydrogen) atoms. The van der Waals surface area contributed by atoms with E-state index in [0.29, 0.717) is 25.0 Å². The molecule has 8 atom stereocenters. The Kier molecular flexibility index (Phi) is 15.3. The van der Waals surface area contributed by atoms with Crippen molar-refractivity contribution in [2.45, 2.75) is 135 Å². The summed E-state index contributed by atoms with van der Waals surface area (Å²) < 4.78 is 36.5. The zero-order chi connectivity index (χ0) is 32.7. The van der Waals surface area contributed by atoms with Crippen LogP contribution in [-0.2, 0) is 39.8 Å². The highest BCUT2D eigenvalue weighted by atomic mass is 16.7. The van der Waals surface area contributed by atoms with Crippen LogP contribution in [0.25, 0.3) is 0 Å². The molecule has 0 amide bonds. The van der Waals surface area contributed by atoms with Gasteiger partial charge in [-0.15, -0.1) is 0 Å². The van der Waals surface area contributed by atoms with E-state index in [1.165, 1.54) is 31.1 Å². The molecule has 8 unspecified atom stereocenters. The number of hydrogen-bond acceptors (Lipinski definition) is 7. The van der Waals surface area contributed by atoms with E-state index in [9.17, 15) is 4.79 Å². The van der Waals surface area contributed by atoms with E-state index in [1.807, 2.05) is 18.2 Å². The van der Waals surface area contributed by atoms with Crippen molar-refractivity contribution in [1.29, 1.82) is 0 Å². The van der Waals surface area contributed by atoms with Gasteiger partial charge in [0, 0.05) is 25.7 Å². The van der Waals surface area contributed by atoms with Gasteiger partial charge in [0.05, 0.1) is 31.8 Å². The number of esters is 1. The minimum Gasteiger partial charge on any atom is -0.469 e. The molecule has 2 heterocycles. The van der Waals surface area contributed by atoms with Gasteiger partial charge in [0.15, 0.2) is 12.6 Å². The van der Waals surface area contributed by atoms with Crippen molar-refractivity contribution in [2.75, 3.05) is 26.9 Å². The highest BCUT2D eigenvalue weighted by molar-refractivity contribution is 5.76. The van der Waals surface area contributed by atoms with Crippen LogP contribution < -0.4 is 0 Å².